The van der Waals surface area contributed by atoms with Crippen molar-refractivity contribution in [3.8, 4) is 5.75 Å². The maximum Gasteiger partial charge on any atom is 0.322 e. The van der Waals surface area contributed by atoms with Crippen LogP contribution in [0, 0.1) is 0 Å². The maximum atomic E-state index is 13.1. The SMILES string of the molecule is COC(=O)C[C@@H]1CC[C@H]2[C@@H](COC[C@H](O)CN2C(=O)Nc2ccccc2OC)O1. The van der Waals surface area contributed by atoms with Gasteiger partial charge in [0.25, 0.3) is 0 Å². The standard InChI is InChI=1S/C20H28N2O7/c1-26-17-6-4-3-5-15(17)21-20(25)22-10-13(23)11-28-12-18-16(22)8-7-14(29-18)9-19(24)27-2/h3-6,13-14,16,18,23H,7-12H2,1-2H3,(H,21,25)/t13-,14+,16+,18-/m1/s1. The van der Waals surface area contributed by atoms with Gasteiger partial charge < -0.3 is 34.3 Å². The van der Waals surface area contributed by atoms with E-state index in [2.05, 4.69) is 5.32 Å². The Morgan fingerprint density at radius 1 is 1.24 bits per heavy atom. The molecule has 0 aromatic heterocycles. The summed E-state index contributed by atoms with van der Waals surface area (Å²) in [6.45, 7) is 0.456. The Morgan fingerprint density at radius 2 is 2.03 bits per heavy atom. The molecule has 0 saturated carbocycles. The summed E-state index contributed by atoms with van der Waals surface area (Å²) in [5.41, 5.74) is 0.546. The molecule has 2 fully saturated rings. The highest BCUT2D eigenvalue weighted by atomic mass is 16.6. The summed E-state index contributed by atoms with van der Waals surface area (Å²) in [5.74, 6) is 0.216. The number of amides is 2. The Kier molecular flexibility index (Phi) is 7.29. The van der Waals surface area contributed by atoms with Crippen molar-refractivity contribution in [2.24, 2.45) is 0 Å². The van der Waals surface area contributed by atoms with E-state index >= 15 is 0 Å². The van der Waals surface area contributed by atoms with Gasteiger partial charge >= 0.3 is 12.0 Å². The molecule has 0 spiro atoms. The molecule has 0 aliphatic carbocycles. The Hall–Kier alpha value is -2.36. The highest BCUT2D eigenvalue weighted by Gasteiger charge is 2.40. The number of fused-ring (bicyclic) bond motifs is 1. The minimum absolute atomic E-state index is 0.104. The number of nitrogens with zero attached hydrogens (tertiary/aromatic N) is 1. The van der Waals surface area contributed by atoms with Crippen LogP contribution >= 0.6 is 0 Å². The number of aliphatic hydroxyl groups excluding tert-OH is 1. The van der Waals surface area contributed by atoms with Crippen LogP contribution in [0.2, 0.25) is 0 Å². The van der Waals surface area contributed by atoms with Crippen molar-refractivity contribution in [1.82, 2.24) is 4.90 Å². The molecule has 4 atom stereocenters. The van der Waals surface area contributed by atoms with E-state index in [4.69, 9.17) is 18.9 Å². The number of carbonyl (C=O) groups is 2. The second-order valence-corrected chi connectivity index (χ2v) is 7.20. The summed E-state index contributed by atoms with van der Waals surface area (Å²) < 4.78 is 21.6. The molecule has 2 aliphatic rings. The van der Waals surface area contributed by atoms with E-state index < -0.39 is 12.2 Å². The van der Waals surface area contributed by atoms with Crippen LogP contribution in [0.1, 0.15) is 19.3 Å². The second kappa shape index (κ2) is 9.91. The van der Waals surface area contributed by atoms with Gasteiger partial charge in [-0.3, -0.25) is 4.79 Å². The van der Waals surface area contributed by atoms with Gasteiger partial charge in [0.2, 0.25) is 0 Å². The molecule has 1 aromatic rings. The molecule has 2 heterocycles. The average Bonchev–Trinajstić information content (AvgIpc) is 2.71. The highest BCUT2D eigenvalue weighted by Crippen LogP contribution is 2.29. The number of urea groups is 1. The summed E-state index contributed by atoms with van der Waals surface area (Å²) in [5, 5.41) is 13.1. The topological polar surface area (TPSA) is 107 Å². The Bertz CT molecular complexity index is 714. The van der Waals surface area contributed by atoms with Gasteiger partial charge in [-0.1, -0.05) is 12.1 Å². The lowest BCUT2D eigenvalue weighted by Crippen LogP contribution is -2.58. The number of β-amino-alcohol motifs (C(OH)–C–C–N with tert-alkyl or cyclic N) is 1. The van der Waals surface area contributed by atoms with E-state index in [0.29, 0.717) is 24.3 Å². The number of aliphatic hydroxyl groups is 1. The molecule has 9 heteroatoms. The van der Waals surface area contributed by atoms with Gasteiger partial charge in [0.05, 0.1) is 64.3 Å². The molecule has 3 rings (SSSR count). The van der Waals surface area contributed by atoms with Crippen LogP contribution in [0.15, 0.2) is 24.3 Å². The number of benzene rings is 1. The van der Waals surface area contributed by atoms with Crippen molar-refractivity contribution >= 4 is 17.7 Å². The zero-order valence-electron chi connectivity index (χ0n) is 16.7. The molecule has 29 heavy (non-hydrogen) atoms. The van der Waals surface area contributed by atoms with Gasteiger partial charge in [0, 0.05) is 0 Å². The van der Waals surface area contributed by atoms with Crippen LogP contribution < -0.4 is 10.1 Å². The molecular formula is C20H28N2O7. The number of methoxy groups -OCH3 is 2. The highest BCUT2D eigenvalue weighted by molar-refractivity contribution is 5.91. The monoisotopic (exact) mass is 408 g/mol. The number of anilines is 1. The fraction of sp³-hybridized carbons (Fsp3) is 0.600. The fourth-order valence-electron chi connectivity index (χ4n) is 3.78. The van der Waals surface area contributed by atoms with Crippen molar-refractivity contribution in [3.05, 3.63) is 24.3 Å². The number of nitrogens with one attached hydrogen (secondary N) is 1. The Labute approximate surface area is 169 Å². The predicted molar refractivity (Wildman–Crippen MR) is 104 cm³/mol. The first kappa shape index (κ1) is 21.4. The summed E-state index contributed by atoms with van der Waals surface area (Å²) in [4.78, 5) is 26.3. The number of hydrogen-bond acceptors (Lipinski definition) is 7. The largest absolute Gasteiger partial charge is 0.495 e. The third-order valence-corrected chi connectivity index (χ3v) is 5.21. The molecule has 2 saturated heterocycles. The van der Waals surface area contributed by atoms with Crippen LogP contribution in [-0.4, -0.2) is 80.3 Å². The summed E-state index contributed by atoms with van der Waals surface area (Å²) in [7, 11) is 2.88. The number of para-hydroxylation sites is 2. The quantitative estimate of drug-likeness (QED) is 0.725. The van der Waals surface area contributed by atoms with Crippen molar-refractivity contribution in [1.29, 1.82) is 0 Å². The minimum Gasteiger partial charge on any atom is -0.495 e. The first-order valence-corrected chi connectivity index (χ1v) is 9.70. The summed E-state index contributed by atoms with van der Waals surface area (Å²) >= 11 is 0. The molecule has 0 unspecified atom stereocenters. The third-order valence-electron chi connectivity index (χ3n) is 5.21. The summed E-state index contributed by atoms with van der Waals surface area (Å²) in [6.07, 6.45) is -0.0836. The minimum atomic E-state index is -0.799. The van der Waals surface area contributed by atoms with Crippen molar-refractivity contribution in [3.63, 3.8) is 0 Å². The van der Waals surface area contributed by atoms with Gasteiger partial charge in [0.1, 0.15) is 11.9 Å². The lowest BCUT2D eigenvalue weighted by molar-refractivity contribution is -0.159. The number of esters is 1. The average molecular weight is 408 g/mol. The van der Waals surface area contributed by atoms with Gasteiger partial charge in [-0.2, -0.15) is 0 Å². The lowest BCUT2D eigenvalue weighted by Gasteiger charge is -2.44. The van der Waals surface area contributed by atoms with Gasteiger partial charge in [0.15, 0.2) is 0 Å². The third kappa shape index (κ3) is 5.37. The van der Waals surface area contributed by atoms with Gasteiger partial charge in [-0.25, -0.2) is 4.79 Å². The molecule has 2 N–H and O–H groups in total. The molecule has 2 amide bonds. The van der Waals surface area contributed by atoms with E-state index in [0.717, 1.165) is 0 Å². The number of rotatable bonds is 4. The molecule has 160 valence electrons. The zero-order chi connectivity index (χ0) is 20.8. The first-order chi connectivity index (χ1) is 14.0. The number of hydrogen-bond donors (Lipinski definition) is 2. The van der Waals surface area contributed by atoms with Crippen LogP contribution in [-0.2, 0) is 19.0 Å². The lowest BCUT2D eigenvalue weighted by atomic mass is 9.95. The normalized spacial score (nSPS) is 27.2. The van der Waals surface area contributed by atoms with Crippen LogP contribution in [0.25, 0.3) is 0 Å². The molecule has 2 aliphatic heterocycles. The Morgan fingerprint density at radius 3 is 2.79 bits per heavy atom. The van der Waals surface area contributed by atoms with E-state index in [9.17, 15) is 14.7 Å². The number of carbonyl (C=O) groups excluding carboxylic acids is 2. The zero-order valence-corrected chi connectivity index (χ0v) is 16.7. The second-order valence-electron chi connectivity index (χ2n) is 7.20. The van der Waals surface area contributed by atoms with Crippen molar-refractivity contribution < 1.29 is 33.6 Å². The van der Waals surface area contributed by atoms with E-state index in [-0.39, 0.29) is 50.3 Å². The fourth-order valence-corrected chi connectivity index (χ4v) is 3.78. The molecular weight excluding hydrogens is 380 g/mol. The molecule has 1 aromatic carbocycles. The maximum absolute atomic E-state index is 13.1. The molecule has 0 bridgehead atoms. The van der Waals surface area contributed by atoms with E-state index in [1.807, 2.05) is 6.07 Å². The predicted octanol–water partition coefficient (Wildman–Crippen LogP) is 1.40. The van der Waals surface area contributed by atoms with Crippen molar-refractivity contribution in [2.45, 2.75) is 43.6 Å². The van der Waals surface area contributed by atoms with Crippen LogP contribution in [0.3, 0.4) is 0 Å². The van der Waals surface area contributed by atoms with E-state index in [1.54, 1.807) is 23.1 Å². The molecule has 9 nitrogen and oxygen atoms in total. The van der Waals surface area contributed by atoms with Gasteiger partial charge in [-0.05, 0) is 25.0 Å². The number of ether oxygens (including phenoxy) is 4. The Balaban J connectivity index is 1.74. The van der Waals surface area contributed by atoms with Gasteiger partial charge in [-0.15, -0.1) is 0 Å². The van der Waals surface area contributed by atoms with Crippen LogP contribution in [0.5, 0.6) is 5.75 Å². The van der Waals surface area contributed by atoms with Crippen LogP contribution in [0.4, 0.5) is 10.5 Å². The van der Waals surface area contributed by atoms with Crippen molar-refractivity contribution in [2.75, 3.05) is 39.3 Å². The molecule has 0 radical (unpaired) electrons. The first-order valence-electron chi connectivity index (χ1n) is 9.70. The smallest absolute Gasteiger partial charge is 0.322 e. The summed E-state index contributed by atoms with van der Waals surface area (Å²) in [6, 6.07) is 6.50. The van der Waals surface area contributed by atoms with E-state index in [1.165, 1.54) is 14.2 Å².